The van der Waals surface area contributed by atoms with E-state index < -0.39 is 0 Å². The number of rotatable bonds is 6. The summed E-state index contributed by atoms with van der Waals surface area (Å²) in [6.45, 7) is 10.5. The van der Waals surface area contributed by atoms with Crippen molar-refractivity contribution in [3.63, 3.8) is 0 Å². The molecule has 1 rings (SSSR count). The van der Waals surface area contributed by atoms with Crippen molar-refractivity contribution in [1.29, 1.82) is 0 Å². The van der Waals surface area contributed by atoms with E-state index in [0.717, 1.165) is 18.9 Å². The third-order valence-electron chi connectivity index (χ3n) is 2.36. The van der Waals surface area contributed by atoms with Crippen LogP contribution in [0.5, 0.6) is 5.75 Å². The minimum atomic E-state index is 0.153. The van der Waals surface area contributed by atoms with Crippen LogP contribution < -0.4 is 10.1 Å². The lowest BCUT2D eigenvalue weighted by Gasteiger charge is -2.26. The molecule has 0 aliphatic carbocycles. The lowest BCUT2D eigenvalue weighted by molar-refractivity contribution is 0.173. The van der Waals surface area contributed by atoms with Gasteiger partial charge in [0.1, 0.15) is 5.75 Å². The topological polar surface area (TPSA) is 21.3 Å². The predicted molar refractivity (Wildman–Crippen MR) is 68.9 cm³/mol. The second-order valence-electron chi connectivity index (χ2n) is 5.30. The lowest BCUT2D eigenvalue weighted by Crippen LogP contribution is -2.37. The van der Waals surface area contributed by atoms with Gasteiger partial charge in [0.25, 0.3) is 0 Å². The highest BCUT2D eigenvalue weighted by Crippen LogP contribution is 2.17. The number of para-hydroxylation sites is 1. The number of hydrogen-bond donors (Lipinski definition) is 1. The molecule has 2 nitrogen and oxygen atoms in total. The van der Waals surface area contributed by atoms with Crippen LogP contribution in [0.15, 0.2) is 30.3 Å². The number of nitrogens with one attached hydrogen (secondary N) is 1. The first kappa shape index (κ1) is 13.0. The fraction of sp³-hybridized carbons (Fsp3) is 0.571. The molecule has 0 saturated heterocycles. The highest BCUT2D eigenvalue weighted by Gasteiger charge is 2.18. The predicted octanol–water partition coefficient (Wildman–Crippen LogP) is 3.09. The van der Waals surface area contributed by atoms with Crippen LogP contribution in [0.25, 0.3) is 0 Å². The minimum absolute atomic E-state index is 0.153. The van der Waals surface area contributed by atoms with Gasteiger partial charge in [0.15, 0.2) is 0 Å². The van der Waals surface area contributed by atoms with Gasteiger partial charge in [-0.3, -0.25) is 0 Å². The molecular formula is C14H23NO. The van der Waals surface area contributed by atoms with E-state index in [2.05, 4.69) is 33.0 Å². The Morgan fingerprint density at radius 3 is 2.38 bits per heavy atom. The van der Waals surface area contributed by atoms with Crippen LogP contribution in [0.2, 0.25) is 0 Å². The number of hydrogen-bond acceptors (Lipinski definition) is 2. The van der Waals surface area contributed by atoms with E-state index in [1.807, 2.05) is 30.3 Å². The smallest absolute Gasteiger partial charge is 0.119 e. The van der Waals surface area contributed by atoms with E-state index in [9.17, 15) is 0 Å². The van der Waals surface area contributed by atoms with E-state index in [1.165, 1.54) is 0 Å². The summed E-state index contributed by atoms with van der Waals surface area (Å²) in [6, 6.07) is 10.5. The first-order chi connectivity index (χ1) is 7.49. The van der Waals surface area contributed by atoms with Crippen LogP contribution in [-0.2, 0) is 0 Å². The molecule has 0 unspecified atom stereocenters. The van der Waals surface area contributed by atoms with Crippen LogP contribution in [0.3, 0.4) is 0 Å². The van der Waals surface area contributed by atoms with Gasteiger partial charge in [-0.15, -0.1) is 0 Å². The van der Waals surface area contributed by atoms with Gasteiger partial charge in [0.05, 0.1) is 6.61 Å². The van der Waals surface area contributed by atoms with Crippen molar-refractivity contribution in [3.8, 4) is 5.75 Å². The highest BCUT2D eigenvalue weighted by atomic mass is 16.5. The molecule has 1 aromatic carbocycles. The zero-order chi connectivity index (χ0) is 12.0. The van der Waals surface area contributed by atoms with Gasteiger partial charge in [-0.2, -0.15) is 0 Å². The standard InChI is InChI=1S/C14H23NO/c1-12(2)15-10-14(3,4)11-16-13-8-6-5-7-9-13/h5-9,12,15H,10-11H2,1-4H3. The number of ether oxygens (including phenoxy) is 1. The Bertz CT molecular complexity index is 293. The number of benzene rings is 1. The summed E-state index contributed by atoms with van der Waals surface area (Å²) in [4.78, 5) is 0. The van der Waals surface area contributed by atoms with Crippen molar-refractivity contribution in [2.24, 2.45) is 5.41 Å². The van der Waals surface area contributed by atoms with E-state index in [0.29, 0.717) is 6.04 Å². The summed E-state index contributed by atoms with van der Waals surface area (Å²) in [5.74, 6) is 0.945. The molecule has 0 aromatic heterocycles. The van der Waals surface area contributed by atoms with Crippen LogP contribution >= 0.6 is 0 Å². The van der Waals surface area contributed by atoms with Gasteiger partial charge in [0, 0.05) is 18.0 Å². The fourth-order valence-electron chi connectivity index (χ4n) is 1.33. The van der Waals surface area contributed by atoms with Crippen LogP contribution in [0.4, 0.5) is 0 Å². The van der Waals surface area contributed by atoms with E-state index in [1.54, 1.807) is 0 Å². The van der Waals surface area contributed by atoms with Crippen LogP contribution in [0, 0.1) is 5.41 Å². The second-order valence-corrected chi connectivity index (χ2v) is 5.30. The SMILES string of the molecule is CC(C)NCC(C)(C)COc1ccccc1. The molecule has 2 heteroatoms. The van der Waals surface area contributed by atoms with Crippen LogP contribution in [-0.4, -0.2) is 19.2 Å². The third-order valence-corrected chi connectivity index (χ3v) is 2.36. The normalized spacial score (nSPS) is 11.8. The van der Waals surface area contributed by atoms with Crippen molar-refractivity contribution in [2.75, 3.05) is 13.2 Å². The van der Waals surface area contributed by atoms with Crippen molar-refractivity contribution >= 4 is 0 Å². The molecule has 1 aromatic rings. The third kappa shape index (κ3) is 5.17. The molecule has 90 valence electrons. The molecule has 16 heavy (non-hydrogen) atoms. The minimum Gasteiger partial charge on any atom is -0.493 e. The largest absolute Gasteiger partial charge is 0.493 e. The van der Waals surface area contributed by atoms with Crippen molar-refractivity contribution in [2.45, 2.75) is 33.7 Å². The summed E-state index contributed by atoms with van der Waals surface area (Å²) >= 11 is 0. The summed E-state index contributed by atoms with van der Waals surface area (Å²) < 4.78 is 5.76. The average molecular weight is 221 g/mol. The molecule has 0 aliphatic rings. The summed E-state index contributed by atoms with van der Waals surface area (Å²) in [5.41, 5.74) is 0.153. The fourth-order valence-corrected chi connectivity index (χ4v) is 1.33. The Morgan fingerprint density at radius 1 is 1.19 bits per heavy atom. The zero-order valence-electron chi connectivity index (χ0n) is 10.8. The monoisotopic (exact) mass is 221 g/mol. The van der Waals surface area contributed by atoms with Gasteiger partial charge in [0.2, 0.25) is 0 Å². The van der Waals surface area contributed by atoms with Gasteiger partial charge in [-0.05, 0) is 12.1 Å². The van der Waals surface area contributed by atoms with Crippen molar-refractivity contribution < 1.29 is 4.74 Å². The molecule has 0 amide bonds. The van der Waals surface area contributed by atoms with Crippen molar-refractivity contribution in [1.82, 2.24) is 5.32 Å². The highest BCUT2D eigenvalue weighted by molar-refractivity contribution is 5.20. The molecule has 0 bridgehead atoms. The second kappa shape index (κ2) is 5.90. The average Bonchev–Trinajstić information content (AvgIpc) is 2.26. The first-order valence-corrected chi connectivity index (χ1v) is 5.91. The molecule has 1 N–H and O–H groups in total. The van der Waals surface area contributed by atoms with E-state index in [4.69, 9.17) is 4.74 Å². The summed E-state index contributed by atoms with van der Waals surface area (Å²) in [7, 11) is 0. The van der Waals surface area contributed by atoms with Crippen molar-refractivity contribution in [3.05, 3.63) is 30.3 Å². The van der Waals surface area contributed by atoms with E-state index >= 15 is 0 Å². The van der Waals surface area contributed by atoms with Crippen LogP contribution in [0.1, 0.15) is 27.7 Å². The first-order valence-electron chi connectivity index (χ1n) is 5.91. The zero-order valence-corrected chi connectivity index (χ0v) is 10.8. The maximum atomic E-state index is 5.76. The molecule has 0 heterocycles. The van der Waals surface area contributed by atoms with Gasteiger partial charge < -0.3 is 10.1 Å². The maximum absolute atomic E-state index is 5.76. The Morgan fingerprint density at radius 2 is 1.81 bits per heavy atom. The maximum Gasteiger partial charge on any atom is 0.119 e. The Balaban J connectivity index is 2.36. The van der Waals surface area contributed by atoms with Gasteiger partial charge in [-0.1, -0.05) is 45.9 Å². The molecule has 0 saturated carbocycles. The molecule has 0 aliphatic heterocycles. The molecular weight excluding hydrogens is 198 g/mol. The summed E-state index contributed by atoms with van der Waals surface area (Å²) in [6.07, 6.45) is 0. The quantitative estimate of drug-likeness (QED) is 0.797. The molecule has 0 radical (unpaired) electrons. The van der Waals surface area contributed by atoms with E-state index in [-0.39, 0.29) is 5.41 Å². The Hall–Kier alpha value is -1.02. The molecule has 0 atom stereocenters. The molecule has 0 spiro atoms. The lowest BCUT2D eigenvalue weighted by atomic mass is 9.94. The Kier molecular flexibility index (Phi) is 4.81. The Labute approximate surface area is 99.0 Å². The summed E-state index contributed by atoms with van der Waals surface area (Å²) in [5, 5.41) is 3.44. The molecule has 0 fully saturated rings. The van der Waals surface area contributed by atoms with Gasteiger partial charge >= 0.3 is 0 Å². The van der Waals surface area contributed by atoms with Gasteiger partial charge in [-0.25, -0.2) is 0 Å².